The molecule has 154 valence electrons. The van der Waals surface area contributed by atoms with E-state index in [9.17, 15) is 9.59 Å². The van der Waals surface area contributed by atoms with Crippen molar-refractivity contribution >= 4 is 17.8 Å². The van der Waals surface area contributed by atoms with Gasteiger partial charge in [-0.15, -0.1) is 0 Å². The van der Waals surface area contributed by atoms with E-state index in [1.165, 1.54) is 0 Å². The van der Waals surface area contributed by atoms with Crippen molar-refractivity contribution < 1.29 is 14.3 Å². The van der Waals surface area contributed by atoms with Crippen LogP contribution in [-0.4, -0.2) is 54.8 Å². The standard InChI is InChI=1S/C20H26N6O3/c1-2-20(6-3-13(4-7-20)23-19(21)28)18-24-15-14(5-8-22-17(15)27)16(25-18)26-9-11-29-12-10-26/h3-4,6H,2,5,7-12H2,1H3,(H,22,27)(H3,21,23,28). The Balaban J connectivity index is 1.76. The smallest absolute Gasteiger partial charge is 0.316 e. The lowest BCUT2D eigenvalue weighted by molar-refractivity contribution is 0.0939. The fourth-order valence-electron chi connectivity index (χ4n) is 4.03. The maximum atomic E-state index is 12.6. The quantitative estimate of drug-likeness (QED) is 0.688. The second kappa shape index (κ2) is 7.82. The average molecular weight is 398 g/mol. The molecule has 9 heteroatoms. The van der Waals surface area contributed by atoms with Gasteiger partial charge in [0.15, 0.2) is 0 Å². The molecule has 1 aromatic heterocycles. The number of nitrogens with zero attached hydrogens (tertiary/aromatic N) is 3. The number of fused-ring (bicyclic) bond motifs is 1. The van der Waals surface area contributed by atoms with E-state index in [4.69, 9.17) is 20.4 Å². The lowest BCUT2D eigenvalue weighted by Gasteiger charge is -2.35. The molecule has 9 nitrogen and oxygen atoms in total. The van der Waals surface area contributed by atoms with E-state index < -0.39 is 11.4 Å². The highest BCUT2D eigenvalue weighted by Gasteiger charge is 2.36. The van der Waals surface area contributed by atoms with Gasteiger partial charge in [-0.1, -0.05) is 19.1 Å². The van der Waals surface area contributed by atoms with Crippen LogP contribution in [0.25, 0.3) is 0 Å². The van der Waals surface area contributed by atoms with Crippen LogP contribution in [0.5, 0.6) is 0 Å². The minimum Gasteiger partial charge on any atom is -0.378 e. The molecule has 1 fully saturated rings. The second-order valence-electron chi connectivity index (χ2n) is 7.50. The second-order valence-corrected chi connectivity index (χ2v) is 7.50. The summed E-state index contributed by atoms with van der Waals surface area (Å²) in [6, 6.07) is -0.596. The first-order valence-electron chi connectivity index (χ1n) is 10.0. The van der Waals surface area contributed by atoms with Gasteiger partial charge < -0.3 is 26.0 Å². The number of urea groups is 1. The zero-order chi connectivity index (χ0) is 20.4. The van der Waals surface area contributed by atoms with E-state index in [1.807, 2.05) is 18.2 Å². The first-order valence-corrected chi connectivity index (χ1v) is 10.0. The molecule has 0 spiro atoms. The summed E-state index contributed by atoms with van der Waals surface area (Å²) in [6.45, 7) is 5.43. The summed E-state index contributed by atoms with van der Waals surface area (Å²) in [5.74, 6) is 1.32. The predicted octanol–water partition coefficient (Wildman–Crippen LogP) is 0.759. The van der Waals surface area contributed by atoms with E-state index in [-0.39, 0.29) is 5.91 Å². The number of aromatic nitrogens is 2. The first-order chi connectivity index (χ1) is 14.0. The molecule has 0 saturated carbocycles. The van der Waals surface area contributed by atoms with Crippen molar-refractivity contribution in [3.8, 4) is 0 Å². The van der Waals surface area contributed by atoms with Crippen molar-refractivity contribution in [1.82, 2.24) is 20.6 Å². The predicted molar refractivity (Wildman–Crippen MR) is 108 cm³/mol. The Bertz CT molecular complexity index is 890. The molecule has 4 rings (SSSR count). The van der Waals surface area contributed by atoms with Gasteiger partial charge in [0, 0.05) is 30.9 Å². The van der Waals surface area contributed by atoms with Crippen molar-refractivity contribution in [2.75, 3.05) is 37.7 Å². The maximum Gasteiger partial charge on any atom is 0.316 e. The summed E-state index contributed by atoms with van der Waals surface area (Å²) in [7, 11) is 0. The molecule has 0 aromatic carbocycles. The van der Waals surface area contributed by atoms with Gasteiger partial charge in [0.05, 0.1) is 18.6 Å². The number of amides is 3. The SMILES string of the molecule is CCC1(c2nc3c(c(N4CCOCC4)n2)CCNC3=O)C=CC(NC(N)=O)=CC1. The van der Waals surface area contributed by atoms with Crippen LogP contribution in [0.2, 0.25) is 0 Å². The van der Waals surface area contributed by atoms with E-state index in [2.05, 4.69) is 22.5 Å². The number of hydrogen-bond acceptors (Lipinski definition) is 6. The molecule has 1 saturated heterocycles. The number of morpholine rings is 1. The van der Waals surface area contributed by atoms with Gasteiger partial charge in [0.2, 0.25) is 0 Å². The highest BCUT2D eigenvalue weighted by atomic mass is 16.5. The molecule has 1 unspecified atom stereocenters. The minimum absolute atomic E-state index is 0.151. The van der Waals surface area contributed by atoms with E-state index >= 15 is 0 Å². The Morgan fingerprint density at radius 2 is 2.17 bits per heavy atom. The van der Waals surface area contributed by atoms with Crippen molar-refractivity contribution in [1.29, 1.82) is 0 Å². The first kappa shape index (κ1) is 19.4. The number of primary amides is 1. The van der Waals surface area contributed by atoms with Gasteiger partial charge in [-0.05, 0) is 25.3 Å². The summed E-state index contributed by atoms with van der Waals surface area (Å²) in [5, 5.41) is 5.50. The van der Waals surface area contributed by atoms with E-state index in [1.54, 1.807) is 0 Å². The van der Waals surface area contributed by atoms with Crippen LogP contribution < -0.4 is 21.3 Å². The highest BCUT2D eigenvalue weighted by molar-refractivity contribution is 5.96. The van der Waals surface area contributed by atoms with Crippen LogP contribution in [0.4, 0.5) is 10.6 Å². The fourth-order valence-corrected chi connectivity index (χ4v) is 4.03. The number of hydrogen-bond donors (Lipinski definition) is 3. The number of nitrogens with two attached hydrogens (primary N) is 1. The number of allylic oxidation sites excluding steroid dienone is 3. The normalized spacial score (nSPS) is 23.8. The van der Waals surface area contributed by atoms with Crippen molar-refractivity contribution in [2.24, 2.45) is 5.73 Å². The number of carbonyl (C=O) groups is 2. The van der Waals surface area contributed by atoms with Gasteiger partial charge in [-0.25, -0.2) is 14.8 Å². The number of carbonyl (C=O) groups excluding carboxylic acids is 2. The van der Waals surface area contributed by atoms with Crippen LogP contribution in [-0.2, 0) is 16.6 Å². The highest BCUT2D eigenvalue weighted by Crippen LogP contribution is 2.37. The van der Waals surface area contributed by atoms with Crippen LogP contribution in [0, 0.1) is 0 Å². The zero-order valence-electron chi connectivity index (χ0n) is 16.5. The average Bonchev–Trinajstić information content (AvgIpc) is 2.74. The summed E-state index contributed by atoms with van der Waals surface area (Å²) < 4.78 is 5.49. The third kappa shape index (κ3) is 3.69. The Morgan fingerprint density at radius 1 is 1.38 bits per heavy atom. The van der Waals surface area contributed by atoms with Crippen LogP contribution >= 0.6 is 0 Å². The number of anilines is 1. The third-order valence-corrected chi connectivity index (χ3v) is 5.78. The molecular weight excluding hydrogens is 372 g/mol. The van der Waals surface area contributed by atoms with Crippen LogP contribution in [0.3, 0.4) is 0 Å². The molecule has 0 radical (unpaired) electrons. The number of nitrogens with one attached hydrogen (secondary N) is 2. The van der Waals surface area contributed by atoms with Gasteiger partial charge in [0.1, 0.15) is 17.3 Å². The molecule has 1 aromatic rings. The number of ether oxygens (including phenoxy) is 1. The summed E-state index contributed by atoms with van der Waals surface area (Å²) in [5.41, 5.74) is 6.81. The maximum absolute atomic E-state index is 12.6. The molecule has 4 N–H and O–H groups in total. The lowest BCUT2D eigenvalue weighted by atomic mass is 9.77. The van der Waals surface area contributed by atoms with E-state index in [0.29, 0.717) is 43.4 Å². The van der Waals surface area contributed by atoms with Crippen molar-refractivity contribution in [3.05, 3.63) is 41.0 Å². The topological polar surface area (TPSA) is 122 Å². The van der Waals surface area contributed by atoms with Crippen LogP contribution in [0.15, 0.2) is 23.9 Å². The van der Waals surface area contributed by atoms with Crippen LogP contribution in [0.1, 0.15) is 41.6 Å². The molecule has 3 amide bonds. The third-order valence-electron chi connectivity index (χ3n) is 5.78. The lowest BCUT2D eigenvalue weighted by Crippen LogP contribution is -2.41. The fraction of sp³-hybridized carbons (Fsp3) is 0.500. The Labute approximate surface area is 169 Å². The number of rotatable bonds is 4. The van der Waals surface area contributed by atoms with Gasteiger partial charge in [-0.2, -0.15) is 0 Å². The van der Waals surface area contributed by atoms with Crippen molar-refractivity contribution in [3.63, 3.8) is 0 Å². The molecule has 1 aliphatic carbocycles. The summed E-state index contributed by atoms with van der Waals surface area (Å²) in [6.07, 6.45) is 7.84. The van der Waals surface area contributed by atoms with E-state index in [0.717, 1.165) is 37.3 Å². The summed E-state index contributed by atoms with van der Waals surface area (Å²) in [4.78, 5) is 35.6. The van der Waals surface area contributed by atoms with Crippen molar-refractivity contribution in [2.45, 2.75) is 31.6 Å². The van der Waals surface area contributed by atoms with Gasteiger partial charge in [0.25, 0.3) is 5.91 Å². The Hall–Kier alpha value is -2.94. The molecule has 0 bridgehead atoms. The van der Waals surface area contributed by atoms with Gasteiger partial charge >= 0.3 is 6.03 Å². The molecule has 2 aliphatic heterocycles. The summed E-state index contributed by atoms with van der Waals surface area (Å²) >= 11 is 0. The molecule has 3 heterocycles. The molecule has 1 atom stereocenters. The molecular formula is C20H26N6O3. The molecule has 3 aliphatic rings. The zero-order valence-corrected chi connectivity index (χ0v) is 16.5. The molecule has 29 heavy (non-hydrogen) atoms. The Morgan fingerprint density at radius 3 is 2.83 bits per heavy atom. The minimum atomic E-state index is -0.596. The Kier molecular flexibility index (Phi) is 5.23. The largest absolute Gasteiger partial charge is 0.378 e. The monoisotopic (exact) mass is 398 g/mol. The van der Waals surface area contributed by atoms with Gasteiger partial charge in [-0.3, -0.25) is 4.79 Å².